The van der Waals surface area contributed by atoms with Crippen LogP contribution in [0, 0.1) is 0 Å². The number of methoxy groups -OCH3 is 1. The van der Waals surface area contributed by atoms with Crippen LogP contribution in [0.25, 0.3) is 0 Å². The summed E-state index contributed by atoms with van der Waals surface area (Å²) >= 11 is 1.36. The van der Waals surface area contributed by atoms with Crippen LogP contribution in [0.3, 0.4) is 0 Å². The summed E-state index contributed by atoms with van der Waals surface area (Å²) in [5, 5.41) is 5.87. The van der Waals surface area contributed by atoms with Crippen molar-refractivity contribution in [1.82, 2.24) is 5.01 Å². The molecule has 0 aliphatic carbocycles. The van der Waals surface area contributed by atoms with Gasteiger partial charge in [0.2, 0.25) is 5.91 Å². The normalized spacial score (nSPS) is 22.8. The molecule has 0 aromatic heterocycles. The Balaban J connectivity index is 2.38. The molecule has 5 nitrogen and oxygen atoms in total. The predicted molar refractivity (Wildman–Crippen MR) is 72.1 cm³/mol. The SMILES string of the molecule is COc1ccc([C@]2(C)SC(N)=NN2C(C)=O)cc1. The van der Waals surface area contributed by atoms with E-state index in [0.717, 1.165) is 11.3 Å². The van der Waals surface area contributed by atoms with Crippen molar-refractivity contribution in [2.45, 2.75) is 18.7 Å². The number of nitrogens with zero attached hydrogens (tertiary/aromatic N) is 2. The average molecular weight is 265 g/mol. The second kappa shape index (κ2) is 4.53. The van der Waals surface area contributed by atoms with Crippen LogP contribution >= 0.6 is 11.8 Å². The minimum Gasteiger partial charge on any atom is -0.497 e. The monoisotopic (exact) mass is 265 g/mol. The quantitative estimate of drug-likeness (QED) is 0.883. The second-order valence-corrected chi connectivity index (χ2v) is 5.50. The zero-order valence-electron chi connectivity index (χ0n) is 10.5. The number of rotatable bonds is 2. The third kappa shape index (κ3) is 2.03. The fourth-order valence-corrected chi connectivity index (χ4v) is 2.95. The van der Waals surface area contributed by atoms with Crippen LogP contribution in [0.5, 0.6) is 5.75 Å². The summed E-state index contributed by atoms with van der Waals surface area (Å²) in [6.07, 6.45) is 0. The molecule has 1 aromatic rings. The van der Waals surface area contributed by atoms with Crippen molar-refractivity contribution in [2.75, 3.05) is 7.11 Å². The van der Waals surface area contributed by atoms with Gasteiger partial charge in [0.25, 0.3) is 0 Å². The molecule has 18 heavy (non-hydrogen) atoms. The first-order chi connectivity index (χ1) is 8.47. The van der Waals surface area contributed by atoms with Gasteiger partial charge in [0.15, 0.2) is 5.17 Å². The average Bonchev–Trinajstić information content (AvgIpc) is 2.66. The number of ether oxygens (including phenoxy) is 1. The van der Waals surface area contributed by atoms with Crippen molar-refractivity contribution in [3.63, 3.8) is 0 Å². The van der Waals surface area contributed by atoms with E-state index < -0.39 is 4.87 Å². The molecule has 0 unspecified atom stereocenters. The smallest absolute Gasteiger partial charge is 0.241 e. The topological polar surface area (TPSA) is 67.9 Å². The second-order valence-electron chi connectivity index (χ2n) is 4.08. The summed E-state index contributed by atoms with van der Waals surface area (Å²) in [7, 11) is 1.62. The molecule has 0 saturated carbocycles. The molecule has 0 fully saturated rings. The van der Waals surface area contributed by atoms with Crippen LogP contribution in [0.2, 0.25) is 0 Å². The van der Waals surface area contributed by atoms with Crippen LogP contribution < -0.4 is 10.5 Å². The largest absolute Gasteiger partial charge is 0.497 e. The Hall–Kier alpha value is -1.69. The fourth-order valence-electron chi connectivity index (χ4n) is 1.91. The summed E-state index contributed by atoms with van der Waals surface area (Å²) in [6, 6.07) is 7.54. The lowest BCUT2D eigenvalue weighted by Gasteiger charge is -2.31. The number of thioether (sulfide) groups is 1. The molecule has 0 saturated heterocycles. The Bertz CT molecular complexity index is 501. The van der Waals surface area contributed by atoms with Crippen molar-refractivity contribution in [2.24, 2.45) is 10.8 Å². The number of carbonyl (C=O) groups excluding carboxylic acids is 1. The number of amides is 1. The number of hydrazone groups is 1. The van der Waals surface area contributed by atoms with Crippen LogP contribution in [-0.4, -0.2) is 23.2 Å². The van der Waals surface area contributed by atoms with Gasteiger partial charge in [-0.25, -0.2) is 5.01 Å². The van der Waals surface area contributed by atoms with Crippen molar-refractivity contribution in [1.29, 1.82) is 0 Å². The van der Waals surface area contributed by atoms with E-state index in [9.17, 15) is 4.79 Å². The van der Waals surface area contributed by atoms with Crippen molar-refractivity contribution < 1.29 is 9.53 Å². The highest BCUT2D eigenvalue weighted by molar-refractivity contribution is 8.14. The molecular weight excluding hydrogens is 250 g/mol. The fraction of sp³-hybridized carbons (Fsp3) is 0.333. The number of benzene rings is 1. The van der Waals surface area contributed by atoms with Gasteiger partial charge in [-0.15, -0.1) is 5.10 Å². The first-order valence-electron chi connectivity index (χ1n) is 5.46. The Morgan fingerprint density at radius 1 is 1.44 bits per heavy atom. The third-order valence-corrected chi connectivity index (χ3v) is 3.93. The molecule has 96 valence electrons. The number of nitrogens with two attached hydrogens (primary N) is 1. The highest BCUT2D eigenvalue weighted by Crippen LogP contribution is 2.44. The standard InChI is InChI=1S/C12H15N3O2S/c1-8(16)15-12(2,18-11(13)14-15)9-4-6-10(17-3)7-5-9/h4-7H,1-3H3,(H2,13,14)/t12-/m0/s1. The molecule has 1 aromatic carbocycles. The lowest BCUT2D eigenvalue weighted by atomic mass is 10.1. The van der Waals surface area contributed by atoms with Gasteiger partial charge < -0.3 is 10.5 Å². The van der Waals surface area contributed by atoms with Gasteiger partial charge in [-0.3, -0.25) is 4.79 Å². The van der Waals surface area contributed by atoms with Crippen molar-refractivity contribution in [3.8, 4) is 5.75 Å². The van der Waals surface area contributed by atoms with Gasteiger partial charge in [0.05, 0.1) is 7.11 Å². The Morgan fingerprint density at radius 3 is 2.56 bits per heavy atom. The van der Waals surface area contributed by atoms with E-state index in [4.69, 9.17) is 10.5 Å². The molecule has 0 bridgehead atoms. The summed E-state index contributed by atoms with van der Waals surface area (Å²) < 4.78 is 5.12. The summed E-state index contributed by atoms with van der Waals surface area (Å²) in [4.78, 5) is 11.0. The van der Waals surface area contributed by atoms with E-state index in [1.54, 1.807) is 7.11 Å². The molecule has 1 aliphatic heterocycles. The van der Waals surface area contributed by atoms with Gasteiger partial charge in [-0.05, 0) is 24.6 Å². The van der Waals surface area contributed by atoms with E-state index in [-0.39, 0.29) is 5.91 Å². The molecule has 2 rings (SSSR count). The van der Waals surface area contributed by atoms with Gasteiger partial charge in [-0.2, -0.15) is 0 Å². The van der Waals surface area contributed by atoms with Gasteiger partial charge in [-0.1, -0.05) is 23.9 Å². The molecule has 1 atom stereocenters. The third-order valence-electron chi connectivity index (χ3n) is 2.83. The Labute approximate surface area is 110 Å². The highest BCUT2D eigenvalue weighted by atomic mass is 32.2. The van der Waals surface area contributed by atoms with E-state index in [2.05, 4.69) is 5.10 Å². The molecule has 2 N–H and O–H groups in total. The molecule has 1 amide bonds. The number of hydrogen-bond donors (Lipinski definition) is 1. The van der Waals surface area contributed by atoms with Crippen LogP contribution in [-0.2, 0) is 9.67 Å². The van der Waals surface area contributed by atoms with Crippen LogP contribution in [0.1, 0.15) is 19.4 Å². The lowest BCUT2D eigenvalue weighted by molar-refractivity contribution is -0.131. The minimum atomic E-state index is -0.595. The van der Waals surface area contributed by atoms with Gasteiger partial charge in [0.1, 0.15) is 10.6 Å². The van der Waals surface area contributed by atoms with Crippen molar-refractivity contribution in [3.05, 3.63) is 29.8 Å². The molecule has 1 aliphatic rings. The predicted octanol–water partition coefficient (Wildman–Crippen LogP) is 1.69. The number of hydrogen-bond acceptors (Lipinski definition) is 5. The maximum atomic E-state index is 11.6. The molecule has 1 heterocycles. The van der Waals surface area contributed by atoms with Gasteiger partial charge >= 0.3 is 0 Å². The first kappa shape index (κ1) is 12.8. The number of carbonyl (C=O) groups is 1. The Morgan fingerprint density at radius 2 is 2.06 bits per heavy atom. The van der Waals surface area contributed by atoms with E-state index in [1.807, 2.05) is 31.2 Å². The highest BCUT2D eigenvalue weighted by Gasteiger charge is 2.42. The van der Waals surface area contributed by atoms with E-state index in [1.165, 1.54) is 23.7 Å². The molecule has 0 radical (unpaired) electrons. The maximum Gasteiger partial charge on any atom is 0.241 e. The zero-order chi connectivity index (χ0) is 13.3. The summed E-state index contributed by atoms with van der Waals surface area (Å²) in [5.41, 5.74) is 6.68. The molecule has 6 heteroatoms. The summed E-state index contributed by atoms with van der Waals surface area (Å²) in [6.45, 7) is 3.40. The lowest BCUT2D eigenvalue weighted by Crippen LogP contribution is -2.37. The van der Waals surface area contributed by atoms with Crippen molar-refractivity contribution >= 4 is 22.8 Å². The van der Waals surface area contributed by atoms with Crippen LogP contribution in [0.15, 0.2) is 29.4 Å². The first-order valence-corrected chi connectivity index (χ1v) is 6.27. The Kier molecular flexibility index (Phi) is 3.21. The maximum absolute atomic E-state index is 11.6. The summed E-state index contributed by atoms with van der Waals surface area (Å²) in [5.74, 6) is 0.634. The van der Waals surface area contributed by atoms with Gasteiger partial charge in [0, 0.05) is 6.92 Å². The molecular formula is C12H15N3O2S. The minimum absolute atomic E-state index is 0.138. The molecule has 0 spiro atoms. The van der Waals surface area contributed by atoms with E-state index >= 15 is 0 Å². The van der Waals surface area contributed by atoms with E-state index in [0.29, 0.717) is 5.17 Å². The van der Waals surface area contributed by atoms with Crippen LogP contribution in [0.4, 0.5) is 0 Å². The number of amidine groups is 1. The zero-order valence-corrected chi connectivity index (χ0v) is 11.3.